The summed E-state index contributed by atoms with van der Waals surface area (Å²) in [6.45, 7) is 6.36. The average Bonchev–Trinajstić information content (AvgIpc) is 3.28. The van der Waals surface area contributed by atoms with Crippen molar-refractivity contribution in [1.82, 2.24) is 9.80 Å². The molecule has 0 fully saturated rings. The summed E-state index contributed by atoms with van der Waals surface area (Å²) < 4.78 is 15.9. The number of ether oxygens (including phenoxy) is 3. The Hall–Kier alpha value is -2.58. The monoisotopic (exact) mass is 504 g/mol. The van der Waals surface area contributed by atoms with E-state index in [4.69, 9.17) is 14.2 Å². The molecule has 35 heavy (non-hydrogen) atoms. The minimum Gasteiger partial charge on any atom is -0.493 e. The molecule has 0 radical (unpaired) electrons. The van der Waals surface area contributed by atoms with E-state index in [1.807, 2.05) is 28.5 Å². The first-order valence-corrected chi connectivity index (χ1v) is 13.1. The van der Waals surface area contributed by atoms with Crippen LogP contribution in [0.25, 0.3) is 0 Å². The van der Waals surface area contributed by atoms with Crippen LogP contribution in [0, 0.1) is 6.92 Å². The van der Waals surface area contributed by atoms with Crippen molar-refractivity contribution in [1.29, 1.82) is 0 Å². The number of hydrogen-bond donors (Lipinski definition) is 0. The van der Waals surface area contributed by atoms with E-state index in [9.17, 15) is 9.59 Å². The summed E-state index contributed by atoms with van der Waals surface area (Å²) in [4.78, 5) is 31.1. The third kappa shape index (κ3) is 9.18. The lowest BCUT2D eigenvalue weighted by Crippen LogP contribution is -2.43. The first kappa shape index (κ1) is 28.7. The standard InChI is InChI=1S/C27H40N2O5S/c1-6-7-9-26(30)28(14-8-16-32-3)20-27(31)29(19-25-21(2)13-17-35-25)15-12-22-10-11-23(33-4)24(18-22)34-5/h10-11,13,17-18H,6-9,12,14-16,19-20H2,1-5H3. The summed E-state index contributed by atoms with van der Waals surface area (Å²) in [6, 6.07) is 7.89. The molecule has 8 heteroatoms. The van der Waals surface area contributed by atoms with E-state index >= 15 is 0 Å². The van der Waals surface area contributed by atoms with Crippen molar-refractivity contribution in [3.8, 4) is 11.5 Å². The van der Waals surface area contributed by atoms with Crippen LogP contribution in [0.1, 0.15) is 48.6 Å². The maximum absolute atomic E-state index is 13.5. The number of rotatable bonds is 16. The molecule has 0 aliphatic heterocycles. The Bertz CT molecular complexity index is 930. The van der Waals surface area contributed by atoms with Crippen molar-refractivity contribution in [2.24, 2.45) is 0 Å². The van der Waals surface area contributed by atoms with E-state index in [-0.39, 0.29) is 18.4 Å². The molecule has 194 valence electrons. The van der Waals surface area contributed by atoms with Crippen molar-refractivity contribution < 1.29 is 23.8 Å². The molecule has 0 N–H and O–H groups in total. The summed E-state index contributed by atoms with van der Waals surface area (Å²) in [7, 11) is 4.87. The van der Waals surface area contributed by atoms with E-state index in [0.29, 0.717) is 57.0 Å². The molecule has 0 bridgehead atoms. The summed E-state index contributed by atoms with van der Waals surface area (Å²) >= 11 is 1.65. The van der Waals surface area contributed by atoms with E-state index in [1.54, 1.807) is 37.6 Å². The van der Waals surface area contributed by atoms with Crippen LogP contribution < -0.4 is 9.47 Å². The Morgan fingerprint density at radius 2 is 1.71 bits per heavy atom. The molecular weight excluding hydrogens is 464 g/mol. The van der Waals surface area contributed by atoms with E-state index in [2.05, 4.69) is 19.9 Å². The first-order chi connectivity index (χ1) is 16.9. The predicted molar refractivity (Wildman–Crippen MR) is 140 cm³/mol. The minimum atomic E-state index is -0.0412. The van der Waals surface area contributed by atoms with Crippen LogP contribution in [0.4, 0.5) is 0 Å². The third-order valence-corrected chi connectivity index (χ3v) is 6.98. The average molecular weight is 505 g/mol. The zero-order valence-electron chi connectivity index (χ0n) is 21.8. The van der Waals surface area contributed by atoms with Crippen LogP contribution in [0.2, 0.25) is 0 Å². The van der Waals surface area contributed by atoms with Gasteiger partial charge in [-0.1, -0.05) is 19.4 Å². The van der Waals surface area contributed by atoms with Crippen LogP contribution >= 0.6 is 11.3 Å². The van der Waals surface area contributed by atoms with Crippen molar-refractivity contribution >= 4 is 23.2 Å². The molecule has 0 spiro atoms. The Balaban J connectivity index is 2.17. The smallest absolute Gasteiger partial charge is 0.242 e. The van der Waals surface area contributed by atoms with Crippen LogP contribution in [-0.2, 0) is 27.3 Å². The highest BCUT2D eigenvalue weighted by molar-refractivity contribution is 7.10. The van der Waals surface area contributed by atoms with Gasteiger partial charge in [-0.05, 0) is 60.9 Å². The summed E-state index contributed by atoms with van der Waals surface area (Å²) in [5.74, 6) is 1.34. The van der Waals surface area contributed by atoms with Gasteiger partial charge in [0.05, 0.1) is 27.3 Å². The van der Waals surface area contributed by atoms with Crippen molar-refractivity contribution in [2.45, 2.75) is 52.5 Å². The van der Waals surface area contributed by atoms with Gasteiger partial charge in [0.15, 0.2) is 11.5 Å². The number of unbranched alkanes of at least 4 members (excludes halogenated alkanes) is 1. The second-order valence-electron chi connectivity index (χ2n) is 8.55. The Morgan fingerprint density at radius 3 is 2.34 bits per heavy atom. The molecule has 2 aromatic rings. The molecule has 0 aliphatic carbocycles. The predicted octanol–water partition coefficient (Wildman–Crippen LogP) is 4.70. The zero-order valence-corrected chi connectivity index (χ0v) is 22.6. The van der Waals surface area contributed by atoms with Gasteiger partial charge in [-0.3, -0.25) is 9.59 Å². The van der Waals surface area contributed by atoms with Gasteiger partial charge in [0.2, 0.25) is 11.8 Å². The Morgan fingerprint density at radius 1 is 0.943 bits per heavy atom. The molecule has 2 amide bonds. The molecule has 1 aromatic heterocycles. The van der Waals surface area contributed by atoms with E-state index in [1.165, 1.54) is 5.56 Å². The zero-order chi connectivity index (χ0) is 25.6. The Labute approximate surface area is 214 Å². The third-order valence-electron chi connectivity index (χ3n) is 5.97. The number of carbonyl (C=O) groups is 2. The summed E-state index contributed by atoms with van der Waals surface area (Å²) in [5.41, 5.74) is 2.23. The van der Waals surface area contributed by atoms with Crippen LogP contribution in [0.15, 0.2) is 29.6 Å². The molecule has 0 saturated carbocycles. The minimum absolute atomic E-state index is 0.0310. The number of carbonyl (C=O) groups excluding carboxylic acids is 2. The quantitative estimate of drug-likeness (QED) is 0.310. The second-order valence-corrected chi connectivity index (χ2v) is 9.55. The van der Waals surface area contributed by atoms with Gasteiger partial charge in [0.25, 0.3) is 0 Å². The fourth-order valence-corrected chi connectivity index (χ4v) is 4.69. The summed E-state index contributed by atoms with van der Waals surface area (Å²) in [6.07, 6.45) is 3.61. The van der Waals surface area contributed by atoms with Gasteiger partial charge in [0, 0.05) is 38.1 Å². The lowest BCUT2D eigenvalue weighted by atomic mass is 10.1. The number of thiophene rings is 1. The second kappa shape index (κ2) is 15.4. The van der Waals surface area contributed by atoms with Gasteiger partial charge in [-0.25, -0.2) is 0 Å². The Kier molecular flexibility index (Phi) is 12.6. The largest absolute Gasteiger partial charge is 0.493 e. The number of aryl methyl sites for hydroxylation is 1. The molecular formula is C27H40N2O5S. The molecule has 1 aromatic carbocycles. The highest BCUT2D eigenvalue weighted by atomic mass is 32.1. The molecule has 0 unspecified atom stereocenters. The van der Waals surface area contributed by atoms with Crippen molar-refractivity contribution in [3.63, 3.8) is 0 Å². The fourth-order valence-electron chi connectivity index (χ4n) is 3.77. The maximum atomic E-state index is 13.5. The number of nitrogens with zero attached hydrogens (tertiary/aromatic N) is 2. The number of methoxy groups -OCH3 is 3. The van der Waals surface area contributed by atoms with Gasteiger partial charge < -0.3 is 24.0 Å². The maximum Gasteiger partial charge on any atom is 0.242 e. The van der Waals surface area contributed by atoms with Gasteiger partial charge >= 0.3 is 0 Å². The molecule has 2 rings (SSSR count). The van der Waals surface area contributed by atoms with Crippen LogP contribution in [0.5, 0.6) is 11.5 Å². The van der Waals surface area contributed by atoms with Gasteiger partial charge in [-0.2, -0.15) is 0 Å². The van der Waals surface area contributed by atoms with Crippen LogP contribution in [-0.4, -0.2) is 69.2 Å². The molecule has 0 atom stereocenters. The number of hydrogen-bond acceptors (Lipinski definition) is 6. The van der Waals surface area contributed by atoms with Gasteiger partial charge in [0.1, 0.15) is 0 Å². The normalized spacial score (nSPS) is 10.8. The molecule has 1 heterocycles. The SMILES string of the molecule is CCCCC(=O)N(CCCOC)CC(=O)N(CCc1ccc(OC)c(OC)c1)Cc1sccc1C. The fraction of sp³-hybridized carbons (Fsp3) is 0.556. The van der Waals surface area contributed by atoms with E-state index in [0.717, 1.165) is 23.3 Å². The topological polar surface area (TPSA) is 68.3 Å². The number of benzene rings is 1. The van der Waals surface area contributed by atoms with Crippen molar-refractivity contribution in [3.05, 3.63) is 45.6 Å². The van der Waals surface area contributed by atoms with Crippen molar-refractivity contribution in [2.75, 3.05) is 47.6 Å². The highest BCUT2D eigenvalue weighted by Gasteiger charge is 2.22. The lowest BCUT2D eigenvalue weighted by molar-refractivity contribution is -0.141. The summed E-state index contributed by atoms with van der Waals surface area (Å²) in [5, 5.41) is 2.05. The molecule has 7 nitrogen and oxygen atoms in total. The van der Waals surface area contributed by atoms with Gasteiger partial charge in [-0.15, -0.1) is 11.3 Å². The lowest BCUT2D eigenvalue weighted by Gasteiger charge is -2.28. The van der Waals surface area contributed by atoms with E-state index < -0.39 is 0 Å². The first-order valence-electron chi connectivity index (χ1n) is 12.2. The molecule has 0 saturated heterocycles. The highest BCUT2D eigenvalue weighted by Crippen LogP contribution is 2.28. The number of amides is 2. The molecule has 0 aliphatic rings. The van der Waals surface area contributed by atoms with Crippen LogP contribution in [0.3, 0.4) is 0 Å².